The van der Waals surface area contributed by atoms with Gasteiger partial charge in [0.05, 0.1) is 12.2 Å². The fourth-order valence-electron chi connectivity index (χ4n) is 3.11. The molecule has 0 amide bonds. The minimum Gasteiger partial charge on any atom is -0.487 e. The molecule has 0 saturated heterocycles. The summed E-state index contributed by atoms with van der Waals surface area (Å²) in [5.41, 5.74) is 4.24. The van der Waals surface area contributed by atoms with E-state index in [4.69, 9.17) is 4.74 Å². The van der Waals surface area contributed by atoms with E-state index in [2.05, 4.69) is 4.98 Å². The lowest BCUT2D eigenvalue weighted by Gasteiger charge is -2.27. The Bertz CT molecular complexity index is 1130. The number of nitrogens with zero attached hydrogens (tertiary/aromatic N) is 2. The molecule has 0 aliphatic rings. The molecule has 0 bridgehead atoms. The van der Waals surface area contributed by atoms with Gasteiger partial charge in [-0.1, -0.05) is 29.8 Å². The first-order valence-corrected chi connectivity index (χ1v) is 11.5. The standard InChI is InChI=1S/C24H27FN2O3S/c1-17-7-9-21(10-8-17)16-30-24-13-19(3)18(2)12-23(24)27(15-20(4)25)31(28,29)22-6-5-11-26-14-22/h5-14,20H,15-16H2,1-4H3. The zero-order valence-electron chi connectivity index (χ0n) is 18.2. The van der Waals surface area contributed by atoms with Crippen molar-refractivity contribution in [1.82, 2.24) is 4.98 Å². The second-order valence-corrected chi connectivity index (χ2v) is 9.55. The van der Waals surface area contributed by atoms with Crippen LogP contribution in [-0.4, -0.2) is 26.1 Å². The highest BCUT2D eigenvalue weighted by Crippen LogP contribution is 2.36. The third-order valence-corrected chi connectivity index (χ3v) is 6.76. The molecule has 31 heavy (non-hydrogen) atoms. The Labute approximate surface area is 183 Å². The Hall–Kier alpha value is -2.93. The summed E-state index contributed by atoms with van der Waals surface area (Å²) in [5.74, 6) is 0.386. The van der Waals surface area contributed by atoms with Crippen LogP contribution in [0, 0.1) is 20.8 Å². The van der Waals surface area contributed by atoms with Crippen LogP contribution in [0.1, 0.15) is 29.2 Å². The van der Waals surface area contributed by atoms with E-state index < -0.39 is 16.2 Å². The molecule has 0 spiro atoms. The Balaban J connectivity index is 2.05. The summed E-state index contributed by atoms with van der Waals surface area (Å²) in [4.78, 5) is 3.91. The van der Waals surface area contributed by atoms with E-state index in [0.29, 0.717) is 11.4 Å². The first-order chi connectivity index (χ1) is 14.7. The summed E-state index contributed by atoms with van der Waals surface area (Å²) in [6.45, 7) is 7.08. The monoisotopic (exact) mass is 442 g/mol. The van der Waals surface area contributed by atoms with E-state index in [-0.39, 0.29) is 18.0 Å². The summed E-state index contributed by atoms with van der Waals surface area (Å²) < 4.78 is 48.0. The lowest BCUT2D eigenvalue weighted by atomic mass is 10.1. The molecule has 1 atom stereocenters. The minimum absolute atomic E-state index is 0.00152. The van der Waals surface area contributed by atoms with Crippen molar-refractivity contribution in [3.63, 3.8) is 0 Å². The van der Waals surface area contributed by atoms with Gasteiger partial charge in [-0.15, -0.1) is 0 Å². The average Bonchev–Trinajstić information content (AvgIpc) is 2.74. The molecule has 1 unspecified atom stereocenters. The van der Waals surface area contributed by atoms with Gasteiger partial charge in [-0.2, -0.15) is 0 Å². The molecule has 3 aromatic rings. The van der Waals surface area contributed by atoms with Crippen LogP contribution < -0.4 is 9.04 Å². The van der Waals surface area contributed by atoms with Gasteiger partial charge < -0.3 is 4.74 Å². The van der Waals surface area contributed by atoms with Gasteiger partial charge >= 0.3 is 0 Å². The van der Waals surface area contributed by atoms with Crippen molar-refractivity contribution in [2.24, 2.45) is 0 Å². The fraction of sp³-hybridized carbons (Fsp3) is 0.292. The number of ether oxygens (including phenoxy) is 1. The van der Waals surface area contributed by atoms with Crippen LogP contribution in [0.2, 0.25) is 0 Å². The van der Waals surface area contributed by atoms with E-state index in [1.807, 2.05) is 45.0 Å². The zero-order valence-corrected chi connectivity index (χ0v) is 19.0. The summed E-state index contributed by atoms with van der Waals surface area (Å²) in [6.07, 6.45) is 1.38. The van der Waals surface area contributed by atoms with Crippen LogP contribution in [-0.2, 0) is 16.6 Å². The molecule has 0 N–H and O–H groups in total. The second-order valence-electron chi connectivity index (χ2n) is 7.68. The van der Waals surface area contributed by atoms with Crippen LogP contribution in [0.3, 0.4) is 0 Å². The number of aromatic nitrogens is 1. The largest absolute Gasteiger partial charge is 0.487 e. The lowest BCUT2D eigenvalue weighted by molar-refractivity contribution is 0.306. The molecule has 0 saturated carbocycles. The number of benzene rings is 2. The highest BCUT2D eigenvalue weighted by Gasteiger charge is 2.29. The molecule has 2 aromatic carbocycles. The Morgan fingerprint density at radius 2 is 1.74 bits per heavy atom. The summed E-state index contributed by atoms with van der Waals surface area (Å²) in [7, 11) is -4.04. The van der Waals surface area contributed by atoms with Gasteiger partial charge in [0, 0.05) is 12.4 Å². The lowest BCUT2D eigenvalue weighted by Crippen LogP contribution is -2.36. The quantitative estimate of drug-likeness (QED) is 0.485. The van der Waals surface area contributed by atoms with Gasteiger partial charge in [-0.05, 0) is 68.7 Å². The number of alkyl halides is 1. The van der Waals surface area contributed by atoms with Crippen LogP contribution in [0.25, 0.3) is 0 Å². The molecule has 3 rings (SSSR count). The van der Waals surface area contributed by atoms with Crippen molar-refractivity contribution in [3.8, 4) is 5.75 Å². The summed E-state index contributed by atoms with van der Waals surface area (Å²) in [6, 6.07) is 14.4. The molecule has 0 radical (unpaired) electrons. The molecular formula is C24H27FN2O3S. The molecule has 1 aromatic heterocycles. The van der Waals surface area contributed by atoms with Crippen molar-refractivity contribution >= 4 is 15.7 Å². The molecule has 0 fully saturated rings. The third-order valence-electron chi connectivity index (χ3n) is 5.00. The summed E-state index contributed by atoms with van der Waals surface area (Å²) >= 11 is 0. The van der Waals surface area contributed by atoms with Gasteiger partial charge in [-0.25, -0.2) is 12.8 Å². The number of aryl methyl sites for hydroxylation is 3. The molecule has 0 aliphatic heterocycles. The Kier molecular flexibility index (Phi) is 6.95. The summed E-state index contributed by atoms with van der Waals surface area (Å²) in [5, 5.41) is 0. The number of hydrogen-bond donors (Lipinski definition) is 0. The van der Waals surface area contributed by atoms with Gasteiger partial charge in [0.25, 0.3) is 10.0 Å². The Morgan fingerprint density at radius 3 is 2.35 bits per heavy atom. The van der Waals surface area contributed by atoms with Crippen molar-refractivity contribution in [3.05, 3.63) is 83.2 Å². The molecular weight excluding hydrogens is 415 g/mol. The molecule has 164 valence electrons. The highest BCUT2D eigenvalue weighted by molar-refractivity contribution is 7.92. The van der Waals surface area contributed by atoms with E-state index in [0.717, 1.165) is 26.6 Å². The van der Waals surface area contributed by atoms with Gasteiger partial charge in [0.1, 0.15) is 23.4 Å². The van der Waals surface area contributed by atoms with E-state index >= 15 is 0 Å². The smallest absolute Gasteiger partial charge is 0.266 e. The topological polar surface area (TPSA) is 59.5 Å². The van der Waals surface area contributed by atoms with Crippen molar-refractivity contribution < 1.29 is 17.5 Å². The Morgan fingerprint density at radius 1 is 1.06 bits per heavy atom. The van der Waals surface area contributed by atoms with Gasteiger partial charge in [0.15, 0.2) is 0 Å². The number of anilines is 1. The molecule has 7 heteroatoms. The number of hydrogen-bond acceptors (Lipinski definition) is 4. The molecule has 5 nitrogen and oxygen atoms in total. The number of sulfonamides is 1. The normalized spacial score (nSPS) is 12.4. The second kappa shape index (κ2) is 9.47. The van der Waals surface area contributed by atoms with Crippen LogP contribution >= 0.6 is 0 Å². The minimum atomic E-state index is -4.04. The van der Waals surface area contributed by atoms with E-state index in [1.54, 1.807) is 18.2 Å². The maximum absolute atomic E-state index is 14.1. The van der Waals surface area contributed by atoms with E-state index in [1.165, 1.54) is 25.4 Å². The number of halogens is 1. The maximum Gasteiger partial charge on any atom is 0.266 e. The van der Waals surface area contributed by atoms with Crippen molar-refractivity contribution in [2.75, 3.05) is 10.8 Å². The van der Waals surface area contributed by atoms with Crippen LogP contribution in [0.15, 0.2) is 65.8 Å². The first kappa shape index (κ1) is 22.7. The predicted octanol–water partition coefficient (Wildman–Crippen LogP) is 5.14. The first-order valence-electron chi connectivity index (χ1n) is 10.0. The number of pyridine rings is 1. The maximum atomic E-state index is 14.1. The van der Waals surface area contributed by atoms with E-state index in [9.17, 15) is 12.8 Å². The third kappa shape index (κ3) is 5.41. The van der Waals surface area contributed by atoms with Gasteiger partial charge in [0.2, 0.25) is 0 Å². The number of rotatable bonds is 8. The molecule has 0 aliphatic carbocycles. The van der Waals surface area contributed by atoms with Crippen molar-refractivity contribution in [1.29, 1.82) is 0 Å². The predicted molar refractivity (Wildman–Crippen MR) is 121 cm³/mol. The average molecular weight is 443 g/mol. The van der Waals surface area contributed by atoms with Crippen LogP contribution in [0.5, 0.6) is 5.75 Å². The molecule has 1 heterocycles. The zero-order chi connectivity index (χ0) is 22.6. The SMILES string of the molecule is Cc1ccc(COc2cc(C)c(C)cc2N(CC(C)F)S(=O)(=O)c2cccnc2)cc1. The van der Waals surface area contributed by atoms with Crippen molar-refractivity contribution in [2.45, 2.75) is 45.4 Å². The van der Waals surface area contributed by atoms with Gasteiger partial charge in [-0.3, -0.25) is 9.29 Å². The van der Waals surface area contributed by atoms with Crippen LogP contribution in [0.4, 0.5) is 10.1 Å². The highest BCUT2D eigenvalue weighted by atomic mass is 32.2. The fourth-order valence-corrected chi connectivity index (χ4v) is 4.61.